The molecule has 2 N–H and O–H groups in total. The predicted octanol–water partition coefficient (Wildman–Crippen LogP) is 4.66. The van der Waals surface area contributed by atoms with Crippen molar-refractivity contribution in [3.8, 4) is 0 Å². The van der Waals surface area contributed by atoms with Gasteiger partial charge in [-0.05, 0) is 42.5 Å². The number of amides is 1. The van der Waals surface area contributed by atoms with E-state index in [2.05, 4.69) is 15.6 Å². The fraction of sp³-hybridized carbons (Fsp3) is 0.0588. The van der Waals surface area contributed by atoms with Gasteiger partial charge in [0.05, 0.1) is 22.9 Å². The van der Waals surface area contributed by atoms with Crippen LogP contribution in [0.1, 0.15) is 16.1 Å². The molecule has 2 heterocycles. The van der Waals surface area contributed by atoms with Gasteiger partial charge in [-0.2, -0.15) is 0 Å². The Balaban J connectivity index is 1.68. The topological polar surface area (TPSA) is 67.2 Å². The van der Waals surface area contributed by atoms with Crippen molar-refractivity contribution in [1.29, 1.82) is 0 Å². The van der Waals surface area contributed by atoms with Gasteiger partial charge in [0.1, 0.15) is 11.6 Å². The maximum atomic E-state index is 12.2. The molecule has 0 radical (unpaired) electrons. The van der Waals surface area contributed by atoms with Crippen molar-refractivity contribution in [3.63, 3.8) is 0 Å². The summed E-state index contributed by atoms with van der Waals surface area (Å²) < 4.78 is 5.18. The van der Waals surface area contributed by atoms with E-state index in [-0.39, 0.29) is 5.91 Å². The molecule has 24 heavy (non-hydrogen) atoms. The molecule has 0 bridgehead atoms. The van der Waals surface area contributed by atoms with Crippen molar-refractivity contribution >= 4 is 40.6 Å². The highest BCUT2D eigenvalue weighted by molar-refractivity contribution is 6.42. The minimum Gasteiger partial charge on any atom is -0.467 e. The number of rotatable bonds is 5. The Kier molecular flexibility index (Phi) is 5.03. The summed E-state index contributed by atoms with van der Waals surface area (Å²) in [4.78, 5) is 16.4. The monoisotopic (exact) mass is 361 g/mol. The molecule has 3 aromatic rings. The summed E-state index contributed by atoms with van der Waals surface area (Å²) in [5, 5.41) is 6.78. The quantitative estimate of drug-likeness (QED) is 0.693. The van der Waals surface area contributed by atoms with Gasteiger partial charge in [-0.15, -0.1) is 0 Å². The first kappa shape index (κ1) is 16.4. The summed E-state index contributed by atoms with van der Waals surface area (Å²) in [7, 11) is 0. The van der Waals surface area contributed by atoms with Crippen molar-refractivity contribution in [1.82, 2.24) is 10.3 Å². The van der Waals surface area contributed by atoms with Crippen LogP contribution in [0.5, 0.6) is 0 Å². The molecule has 7 heteroatoms. The molecule has 2 aromatic heterocycles. The van der Waals surface area contributed by atoms with E-state index in [4.69, 9.17) is 27.6 Å². The largest absolute Gasteiger partial charge is 0.467 e. The van der Waals surface area contributed by atoms with Crippen LogP contribution in [0.25, 0.3) is 0 Å². The third-order valence-electron chi connectivity index (χ3n) is 3.22. The number of aromatic nitrogens is 1. The van der Waals surface area contributed by atoms with Crippen LogP contribution in [0.15, 0.2) is 59.3 Å². The Morgan fingerprint density at radius 3 is 2.75 bits per heavy atom. The summed E-state index contributed by atoms with van der Waals surface area (Å²) in [6.07, 6.45) is 3.12. The summed E-state index contributed by atoms with van der Waals surface area (Å²) in [5.74, 6) is 0.997. The number of hydrogen-bond acceptors (Lipinski definition) is 4. The molecular weight excluding hydrogens is 349 g/mol. The minimum atomic E-state index is -0.217. The Morgan fingerprint density at radius 1 is 1.12 bits per heavy atom. The van der Waals surface area contributed by atoms with Gasteiger partial charge < -0.3 is 15.1 Å². The van der Waals surface area contributed by atoms with Gasteiger partial charge in [-0.1, -0.05) is 23.2 Å². The molecule has 122 valence electrons. The van der Waals surface area contributed by atoms with E-state index in [9.17, 15) is 4.79 Å². The average Bonchev–Trinajstić information content (AvgIpc) is 3.10. The highest BCUT2D eigenvalue weighted by atomic mass is 35.5. The SMILES string of the molecule is O=C(NCc1ccco1)c1ccnc(Nc2ccc(Cl)c(Cl)c2)c1. The molecule has 3 rings (SSSR count). The van der Waals surface area contributed by atoms with Crippen molar-refractivity contribution in [3.05, 3.63) is 76.3 Å². The van der Waals surface area contributed by atoms with Crippen LogP contribution >= 0.6 is 23.2 Å². The third-order valence-corrected chi connectivity index (χ3v) is 3.96. The molecule has 0 saturated carbocycles. The first-order valence-corrected chi connectivity index (χ1v) is 7.86. The van der Waals surface area contributed by atoms with Gasteiger partial charge in [0.25, 0.3) is 5.91 Å². The zero-order chi connectivity index (χ0) is 16.9. The Bertz CT molecular complexity index is 851. The second kappa shape index (κ2) is 7.38. The van der Waals surface area contributed by atoms with Crippen molar-refractivity contribution in [2.24, 2.45) is 0 Å². The maximum absolute atomic E-state index is 12.2. The summed E-state index contributed by atoms with van der Waals surface area (Å²) in [6, 6.07) is 12.0. The molecule has 5 nitrogen and oxygen atoms in total. The van der Waals surface area contributed by atoms with Gasteiger partial charge in [-0.3, -0.25) is 4.79 Å². The van der Waals surface area contributed by atoms with Gasteiger partial charge in [0, 0.05) is 17.4 Å². The average molecular weight is 362 g/mol. The zero-order valence-corrected chi connectivity index (χ0v) is 13.9. The van der Waals surface area contributed by atoms with Crippen LogP contribution in [-0.2, 0) is 6.54 Å². The van der Waals surface area contributed by atoms with Crippen LogP contribution in [0.4, 0.5) is 11.5 Å². The molecule has 0 atom stereocenters. The van der Waals surface area contributed by atoms with Crippen LogP contribution in [0, 0.1) is 0 Å². The van der Waals surface area contributed by atoms with Gasteiger partial charge in [0.2, 0.25) is 0 Å². The number of nitrogens with one attached hydrogen (secondary N) is 2. The molecule has 0 unspecified atom stereocenters. The number of nitrogens with zero attached hydrogens (tertiary/aromatic N) is 1. The molecule has 0 aliphatic heterocycles. The smallest absolute Gasteiger partial charge is 0.251 e. The molecule has 0 aliphatic rings. The van der Waals surface area contributed by atoms with E-state index in [0.717, 1.165) is 5.69 Å². The molecule has 0 saturated heterocycles. The second-order valence-electron chi connectivity index (χ2n) is 4.95. The highest BCUT2D eigenvalue weighted by Crippen LogP contribution is 2.26. The summed E-state index contributed by atoms with van der Waals surface area (Å²) >= 11 is 11.9. The maximum Gasteiger partial charge on any atom is 0.251 e. The van der Waals surface area contributed by atoms with Crippen LogP contribution in [0.3, 0.4) is 0 Å². The number of hydrogen-bond donors (Lipinski definition) is 2. The van der Waals surface area contributed by atoms with E-state index in [1.165, 1.54) is 0 Å². The lowest BCUT2D eigenvalue weighted by Gasteiger charge is -2.08. The third kappa shape index (κ3) is 4.07. The lowest BCUT2D eigenvalue weighted by Crippen LogP contribution is -2.22. The first-order valence-electron chi connectivity index (χ1n) is 7.10. The highest BCUT2D eigenvalue weighted by Gasteiger charge is 2.08. The molecule has 1 aromatic carbocycles. The van der Waals surface area contributed by atoms with E-state index in [0.29, 0.717) is 33.7 Å². The number of furan rings is 1. The van der Waals surface area contributed by atoms with Gasteiger partial charge in [0.15, 0.2) is 0 Å². The fourth-order valence-electron chi connectivity index (χ4n) is 2.04. The first-order chi connectivity index (χ1) is 11.6. The molecule has 1 amide bonds. The lowest BCUT2D eigenvalue weighted by atomic mass is 10.2. The standard InChI is InChI=1S/C17H13Cl2N3O2/c18-14-4-3-12(9-15(14)19)22-16-8-11(5-6-20-16)17(23)21-10-13-2-1-7-24-13/h1-9H,10H2,(H,20,22)(H,21,23). The van der Waals surface area contributed by atoms with Crippen molar-refractivity contribution < 1.29 is 9.21 Å². The lowest BCUT2D eigenvalue weighted by molar-refractivity contribution is 0.0948. The number of pyridine rings is 1. The number of halogens is 2. The molecular formula is C17H13Cl2N3O2. The van der Waals surface area contributed by atoms with Crippen molar-refractivity contribution in [2.45, 2.75) is 6.54 Å². The Labute approximate surface area is 148 Å². The normalized spacial score (nSPS) is 10.4. The number of benzene rings is 1. The molecule has 0 fully saturated rings. The van der Waals surface area contributed by atoms with Crippen LogP contribution in [0.2, 0.25) is 10.0 Å². The Morgan fingerprint density at radius 2 is 2.00 bits per heavy atom. The Hall–Kier alpha value is -2.50. The fourth-order valence-corrected chi connectivity index (χ4v) is 2.34. The van der Waals surface area contributed by atoms with Crippen LogP contribution < -0.4 is 10.6 Å². The molecule has 0 spiro atoms. The summed E-state index contributed by atoms with van der Waals surface area (Å²) in [6.45, 7) is 0.323. The number of carbonyl (C=O) groups is 1. The minimum absolute atomic E-state index is 0.217. The summed E-state index contributed by atoms with van der Waals surface area (Å²) in [5.41, 5.74) is 1.21. The second-order valence-corrected chi connectivity index (χ2v) is 5.76. The van der Waals surface area contributed by atoms with Gasteiger partial charge in [-0.25, -0.2) is 4.98 Å². The van der Waals surface area contributed by atoms with Crippen molar-refractivity contribution in [2.75, 3.05) is 5.32 Å². The van der Waals surface area contributed by atoms with E-state index in [1.807, 2.05) is 0 Å². The zero-order valence-electron chi connectivity index (χ0n) is 12.4. The van der Waals surface area contributed by atoms with E-state index < -0.39 is 0 Å². The van der Waals surface area contributed by atoms with E-state index in [1.54, 1.807) is 54.9 Å². The number of anilines is 2. The predicted molar refractivity (Wildman–Crippen MR) is 93.9 cm³/mol. The van der Waals surface area contributed by atoms with Crippen LogP contribution in [-0.4, -0.2) is 10.9 Å². The number of carbonyl (C=O) groups excluding carboxylic acids is 1. The van der Waals surface area contributed by atoms with Gasteiger partial charge >= 0.3 is 0 Å². The van der Waals surface area contributed by atoms with E-state index >= 15 is 0 Å². The molecule has 0 aliphatic carbocycles.